The number of carbonyl (C=O) groups is 1. The van der Waals surface area contributed by atoms with E-state index < -0.39 is 0 Å². The maximum atomic E-state index is 12.0. The third-order valence-corrected chi connectivity index (χ3v) is 2.58. The first-order valence-electron chi connectivity index (χ1n) is 6.03. The van der Waals surface area contributed by atoms with Crippen LogP contribution in [0.5, 0.6) is 5.75 Å². The van der Waals surface area contributed by atoms with Crippen LogP contribution >= 0.6 is 0 Å². The van der Waals surface area contributed by atoms with Crippen LogP contribution in [-0.4, -0.2) is 12.5 Å². The summed E-state index contributed by atoms with van der Waals surface area (Å²) in [7, 11) is 0. The molecule has 0 saturated carbocycles. The molecule has 2 rings (SSSR count). The van der Waals surface area contributed by atoms with Gasteiger partial charge in [-0.15, -0.1) is 0 Å². The molecule has 100 valence electrons. The van der Waals surface area contributed by atoms with Crippen molar-refractivity contribution in [1.82, 2.24) is 5.32 Å². The maximum Gasteiger partial charge on any atom is 0.251 e. The van der Waals surface area contributed by atoms with Crippen LogP contribution in [0.4, 0.5) is 5.69 Å². The zero-order valence-corrected chi connectivity index (χ0v) is 10.7. The standard InChI is InChI=1S/C14H16N2O3/c1-2-18-13-8-10(5-6-12(13)15)14(17)16-9-11-4-3-7-19-11/h3-8H,2,9,15H2,1H3,(H,16,17). The Morgan fingerprint density at radius 2 is 2.26 bits per heavy atom. The van der Waals surface area contributed by atoms with Gasteiger partial charge in [0.2, 0.25) is 0 Å². The number of amides is 1. The molecule has 0 saturated heterocycles. The summed E-state index contributed by atoms with van der Waals surface area (Å²) in [6, 6.07) is 8.53. The number of nitrogen functional groups attached to an aromatic ring is 1. The third-order valence-electron chi connectivity index (χ3n) is 2.58. The van der Waals surface area contributed by atoms with Crippen molar-refractivity contribution in [2.75, 3.05) is 12.3 Å². The van der Waals surface area contributed by atoms with Crippen LogP contribution in [0.1, 0.15) is 23.0 Å². The van der Waals surface area contributed by atoms with E-state index >= 15 is 0 Å². The fraction of sp³-hybridized carbons (Fsp3) is 0.214. The Kier molecular flexibility index (Phi) is 4.07. The van der Waals surface area contributed by atoms with Gasteiger partial charge in [-0.05, 0) is 37.3 Å². The highest BCUT2D eigenvalue weighted by Gasteiger charge is 2.09. The van der Waals surface area contributed by atoms with Crippen LogP contribution in [0.2, 0.25) is 0 Å². The first kappa shape index (κ1) is 13.0. The lowest BCUT2D eigenvalue weighted by molar-refractivity contribution is 0.0947. The predicted octanol–water partition coefficient (Wildman–Crippen LogP) is 2.19. The van der Waals surface area contributed by atoms with Gasteiger partial charge in [-0.2, -0.15) is 0 Å². The van der Waals surface area contributed by atoms with Crippen molar-refractivity contribution in [2.45, 2.75) is 13.5 Å². The molecule has 0 spiro atoms. The van der Waals surface area contributed by atoms with Crippen molar-refractivity contribution in [3.05, 3.63) is 47.9 Å². The SMILES string of the molecule is CCOc1cc(C(=O)NCc2ccco2)ccc1N. The monoisotopic (exact) mass is 260 g/mol. The molecule has 0 aliphatic rings. The number of ether oxygens (including phenoxy) is 1. The van der Waals surface area contributed by atoms with Crippen LogP contribution in [0.25, 0.3) is 0 Å². The van der Waals surface area contributed by atoms with Gasteiger partial charge in [0.25, 0.3) is 5.91 Å². The molecule has 1 aromatic heterocycles. The minimum atomic E-state index is -0.197. The largest absolute Gasteiger partial charge is 0.492 e. The molecule has 0 aliphatic carbocycles. The number of nitrogens with one attached hydrogen (secondary N) is 1. The Morgan fingerprint density at radius 1 is 1.42 bits per heavy atom. The number of furan rings is 1. The second-order valence-electron chi connectivity index (χ2n) is 3.95. The molecule has 5 nitrogen and oxygen atoms in total. The highest BCUT2D eigenvalue weighted by atomic mass is 16.5. The van der Waals surface area contributed by atoms with Gasteiger partial charge >= 0.3 is 0 Å². The Labute approximate surface area is 111 Å². The first-order chi connectivity index (χ1) is 9.20. The Bertz CT molecular complexity index is 550. The molecule has 1 heterocycles. The number of hydrogen-bond acceptors (Lipinski definition) is 4. The first-order valence-corrected chi connectivity index (χ1v) is 6.03. The summed E-state index contributed by atoms with van der Waals surface area (Å²) in [5.74, 6) is 1.03. The summed E-state index contributed by atoms with van der Waals surface area (Å²) in [5, 5.41) is 2.76. The van der Waals surface area contributed by atoms with E-state index in [1.165, 1.54) is 0 Å². The van der Waals surface area contributed by atoms with E-state index in [9.17, 15) is 4.79 Å². The summed E-state index contributed by atoms with van der Waals surface area (Å²) in [6.45, 7) is 2.71. The Morgan fingerprint density at radius 3 is 2.95 bits per heavy atom. The lowest BCUT2D eigenvalue weighted by atomic mass is 10.1. The van der Waals surface area contributed by atoms with E-state index in [-0.39, 0.29) is 5.91 Å². The van der Waals surface area contributed by atoms with Crippen molar-refractivity contribution in [2.24, 2.45) is 0 Å². The van der Waals surface area contributed by atoms with E-state index in [1.807, 2.05) is 6.92 Å². The molecule has 1 aromatic carbocycles. The third kappa shape index (κ3) is 3.28. The van der Waals surface area contributed by atoms with E-state index in [1.54, 1.807) is 36.6 Å². The molecule has 0 radical (unpaired) electrons. The van der Waals surface area contributed by atoms with Crippen molar-refractivity contribution in [3.63, 3.8) is 0 Å². The number of hydrogen-bond donors (Lipinski definition) is 2. The zero-order valence-electron chi connectivity index (χ0n) is 10.7. The molecular formula is C14H16N2O3. The highest BCUT2D eigenvalue weighted by Crippen LogP contribution is 2.22. The fourth-order valence-electron chi connectivity index (χ4n) is 1.64. The topological polar surface area (TPSA) is 77.5 Å². The van der Waals surface area contributed by atoms with Gasteiger partial charge in [-0.3, -0.25) is 4.79 Å². The van der Waals surface area contributed by atoms with Gasteiger partial charge in [-0.1, -0.05) is 0 Å². The molecule has 0 atom stereocenters. The van der Waals surface area contributed by atoms with Crippen LogP contribution in [0.15, 0.2) is 41.0 Å². The van der Waals surface area contributed by atoms with Gasteiger partial charge in [0, 0.05) is 5.56 Å². The van der Waals surface area contributed by atoms with Crippen molar-refractivity contribution < 1.29 is 13.9 Å². The van der Waals surface area contributed by atoms with Crippen molar-refractivity contribution in [3.8, 4) is 5.75 Å². The average molecular weight is 260 g/mol. The molecule has 0 bridgehead atoms. The highest BCUT2D eigenvalue weighted by molar-refractivity contribution is 5.95. The molecule has 3 N–H and O–H groups in total. The molecule has 0 fully saturated rings. The molecule has 0 unspecified atom stereocenters. The number of nitrogens with two attached hydrogens (primary N) is 1. The average Bonchev–Trinajstić information content (AvgIpc) is 2.92. The van der Waals surface area contributed by atoms with Crippen LogP contribution < -0.4 is 15.8 Å². The molecule has 19 heavy (non-hydrogen) atoms. The van der Waals surface area contributed by atoms with Gasteiger partial charge in [0.05, 0.1) is 25.1 Å². The van der Waals surface area contributed by atoms with E-state index in [4.69, 9.17) is 14.9 Å². The van der Waals surface area contributed by atoms with Gasteiger partial charge < -0.3 is 20.2 Å². The quantitative estimate of drug-likeness (QED) is 0.808. The number of benzene rings is 1. The summed E-state index contributed by atoms with van der Waals surface area (Å²) in [4.78, 5) is 12.0. The molecule has 0 aliphatic heterocycles. The van der Waals surface area contributed by atoms with E-state index in [0.29, 0.717) is 35.9 Å². The number of rotatable bonds is 5. The second kappa shape index (κ2) is 5.95. The molecular weight excluding hydrogens is 244 g/mol. The lowest BCUT2D eigenvalue weighted by Gasteiger charge is -2.09. The van der Waals surface area contributed by atoms with Crippen molar-refractivity contribution >= 4 is 11.6 Å². The summed E-state index contributed by atoms with van der Waals surface area (Å²) in [5.41, 5.74) is 6.78. The van der Waals surface area contributed by atoms with Crippen molar-refractivity contribution in [1.29, 1.82) is 0 Å². The molecule has 2 aromatic rings. The van der Waals surface area contributed by atoms with Gasteiger partial charge in [0.15, 0.2) is 0 Å². The molecule has 1 amide bonds. The summed E-state index contributed by atoms with van der Waals surface area (Å²) >= 11 is 0. The number of carbonyl (C=O) groups excluding carboxylic acids is 1. The van der Waals surface area contributed by atoms with Gasteiger partial charge in [0.1, 0.15) is 11.5 Å². The van der Waals surface area contributed by atoms with Crippen LogP contribution in [0.3, 0.4) is 0 Å². The maximum absolute atomic E-state index is 12.0. The summed E-state index contributed by atoms with van der Waals surface area (Å²) < 4.78 is 10.5. The second-order valence-corrected chi connectivity index (χ2v) is 3.95. The lowest BCUT2D eigenvalue weighted by Crippen LogP contribution is -2.22. The van der Waals surface area contributed by atoms with E-state index in [0.717, 1.165) is 0 Å². The van der Waals surface area contributed by atoms with Crippen LogP contribution in [-0.2, 0) is 6.54 Å². The minimum absolute atomic E-state index is 0.197. The normalized spacial score (nSPS) is 10.2. The van der Waals surface area contributed by atoms with Gasteiger partial charge in [-0.25, -0.2) is 0 Å². The smallest absolute Gasteiger partial charge is 0.251 e. The predicted molar refractivity (Wildman–Crippen MR) is 71.9 cm³/mol. The minimum Gasteiger partial charge on any atom is -0.492 e. The van der Waals surface area contributed by atoms with Crippen LogP contribution in [0, 0.1) is 0 Å². The fourth-order valence-corrected chi connectivity index (χ4v) is 1.64. The van der Waals surface area contributed by atoms with E-state index in [2.05, 4.69) is 5.32 Å². The molecule has 5 heteroatoms. The summed E-state index contributed by atoms with van der Waals surface area (Å²) in [6.07, 6.45) is 1.57. The zero-order chi connectivity index (χ0) is 13.7. The Balaban J connectivity index is 2.04. The Hall–Kier alpha value is -2.43. The number of anilines is 1.